The highest BCUT2D eigenvalue weighted by atomic mass is 32.1. The van der Waals surface area contributed by atoms with Gasteiger partial charge in [0.15, 0.2) is 5.13 Å². The van der Waals surface area contributed by atoms with Gasteiger partial charge in [0.05, 0.1) is 18.8 Å². The summed E-state index contributed by atoms with van der Waals surface area (Å²) in [6, 6.07) is 0. The highest BCUT2D eigenvalue weighted by Gasteiger charge is 2.18. The van der Waals surface area contributed by atoms with E-state index < -0.39 is 5.91 Å². The van der Waals surface area contributed by atoms with Crippen molar-refractivity contribution in [2.45, 2.75) is 13.8 Å². The molecule has 0 saturated carbocycles. The maximum atomic E-state index is 11.6. The second-order valence-corrected chi connectivity index (χ2v) is 4.43. The van der Waals surface area contributed by atoms with Crippen molar-refractivity contribution in [3.8, 4) is 0 Å². The predicted molar refractivity (Wildman–Crippen MR) is 65.3 cm³/mol. The average Bonchev–Trinajstić information content (AvgIpc) is 2.60. The van der Waals surface area contributed by atoms with Gasteiger partial charge in [0.25, 0.3) is 0 Å². The first-order valence-electron chi connectivity index (χ1n) is 5.09. The Balaban J connectivity index is 2.87. The van der Waals surface area contributed by atoms with Crippen LogP contribution >= 0.6 is 11.3 Å². The third kappa shape index (κ3) is 3.42. The number of ether oxygens (including phenoxy) is 1. The summed E-state index contributed by atoms with van der Waals surface area (Å²) in [6.07, 6.45) is 0. The molecule has 0 radical (unpaired) electrons. The number of aromatic nitrogens is 1. The number of carbonyl (C=O) groups is 2. The summed E-state index contributed by atoms with van der Waals surface area (Å²) in [4.78, 5) is 28.6. The molecule has 1 rings (SSSR count). The second kappa shape index (κ2) is 5.62. The van der Waals surface area contributed by atoms with Crippen molar-refractivity contribution in [3.63, 3.8) is 0 Å². The van der Waals surface area contributed by atoms with E-state index in [1.54, 1.807) is 25.8 Å². The number of amides is 1. The van der Waals surface area contributed by atoms with Crippen molar-refractivity contribution in [2.24, 2.45) is 5.73 Å². The topological polar surface area (TPSA) is 85.5 Å². The summed E-state index contributed by atoms with van der Waals surface area (Å²) in [5.74, 6) is -0.834. The summed E-state index contributed by atoms with van der Waals surface area (Å²) in [7, 11) is 1.69. The zero-order chi connectivity index (χ0) is 13.0. The standard InChI is InChI=1S/C10H15N3O3S/c1-4-16-9(15)8-6(2)12-10(17-8)13(3)5-7(11)14/h4-5H2,1-3H3,(H2,11,14). The number of likely N-dealkylation sites (N-methyl/N-ethyl adjacent to an activating group) is 1. The van der Waals surface area contributed by atoms with E-state index in [4.69, 9.17) is 10.5 Å². The number of rotatable bonds is 5. The third-order valence-corrected chi connectivity index (χ3v) is 3.22. The van der Waals surface area contributed by atoms with Crippen molar-refractivity contribution < 1.29 is 14.3 Å². The van der Waals surface area contributed by atoms with Crippen LogP contribution in [0.5, 0.6) is 0 Å². The Labute approximate surface area is 103 Å². The smallest absolute Gasteiger partial charge is 0.350 e. The summed E-state index contributed by atoms with van der Waals surface area (Å²) in [6.45, 7) is 3.86. The SMILES string of the molecule is CCOC(=O)c1sc(N(C)CC(N)=O)nc1C. The van der Waals surface area contributed by atoms with E-state index >= 15 is 0 Å². The molecular formula is C10H15N3O3S. The van der Waals surface area contributed by atoms with Gasteiger partial charge in [-0.1, -0.05) is 11.3 Å². The lowest BCUT2D eigenvalue weighted by Gasteiger charge is -2.12. The highest BCUT2D eigenvalue weighted by molar-refractivity contribution is 7.17. The molecule has 1 heterocycles. The molecule has 6 nitrogen and oxygen atoms in total. The molecule has 0 bridgehead atoms. The van der Waals surface area contributed by atoms with Crippen molar-refractivity contribution in [2.75, 3.05) is 25.1 Å². The van der Waals surface area contributed by atoms with Crippen LogP contribution in [0, 0.1) is 6.92 Å². The molecule has 1 aromatic rings. The Morgan fingerprint density at radius 1 is 1.53 bits per heavy atom. The molecule has 1 aromatic heterocycles. The van der Waals surface area contributed by atoms with Gasteiger partial charge in [-0.15, -0.1) is 0 Å². The number of hydrogen-bond acceptors (Lipinski definition) is 6. The number of carbonyl (C=O) groups excluding carboxylic acids is 2. The van der Waals surface area contributed by atoms with Crippen molar-refractivity contribution in [1.82, 2.24) is 4.98 Å². The normalized spacial score (nSPS) is 10.1. The van der Waals surface area contributed by atoms with Crippen LogP contribution in [0.25, 0.3) is 0 Å². The maximum Gasteiger partial charge on any atom is 0.350 e. The number of aryl methyl sites for hydroxylation is 1. The molecule has 17 heavy (non-hydrogen) atoms. The first-order valence-corrected chi connectivity index (χ1v) is 5.91. The van der Waals surface area contributed by atoms with Gasteiger partial charge >= 0.3 is 5.97 Å². The van der Waals surface area contributed by atoms with E-state index in [2.05, 4.69) is 4.98 Å². The fraction of sp³-hybridized carbons (Fsp3) is 0.500. The van der Waals surface area contributed by atoms with Gasteiger partial charge in [-0.3, -0.25) is 4.79 Å². The van der Waals surface area contributed by atoms with E-state index in [-0.39, 0.29) is 12.5 Å². The Morgan fingerprint density at radius 3 is 2.71 bits per heavy atom. The van der Waals surface area contributed by atoms with Crippen LogP contribution in [0.4, 0.5) is 5.13 Å². The van der Waals surface area contributed by atoms with Crippen LogP contribution in [0.2, 0.25) is 0 Å². The maximum absolute atomic E-state index is 11.6. The molecule has 0 spiro atoms. The lowest BCUT2D eigenvalue weighted by molar-refractivity contribution is -0.116. The minimum Gasteiger partial charge on any atom is -0.462 e. The Hall–Kier alpha value is -1.63. The van der Waals surface area contributed by atoms with Gasteiger partial charge in [-0.2, -0.15) is 0 Å². The van der Waals surface area contributed by atoms with Gasteiger partial charge in [-0.25, -0.2) is 9.78 Å². The lowest BCUT2D eigenvalue weighted by Crippen LogP contribution is -2.30. The summed E-state index contributed by atoms with van der Waals surface area (Å²) in [5.41, 5.74) is 5.68. The van der Waals surface area contributed by atoms with Crippen LogP contribution in [0.15, 0.2) is 0 Å². The number of nitrogens with zero attached hydrogens (tertiary/aromatic N) is 2. The molecule has 0 saturated heterocycles. The summed E-state index contributed by atoms with van der Waals surface area (Å²) >= 11 is 1.19. The van der Waals surface area contributed by atoms with E-state index in [0.29, 0.717) is 22.3 Å². The summed E-state index contributed by atoms with van der Waals surface area (Å²) in [5, 5.41) is 0.573. The number of esters is 1. The number of thiazole rings is 1. The molecule has 2 N–H and O–H groups in total. The summed E-state index contributed by atoms with van der Waals surface area (Å²) < 4.78 is 4.90. The molecule has 0 atom stereocenters. The molecule has 0 aliphatic rings. The van der Waals surface area contributed by atoms with E-state index in [1.807, 2.05) is 0 Å². The largest absolute Gasteiger partial charge is 0.462 e. The van der Waals surface area contributed by atoms with Crippen LogP contribution in [-0.4, -0.2) is 37.1 Å². The number of nitrogens with two attached hydrogens (primary N) is 1. The molecule has 0 unspecified atom stereocenters. The van der Waals surface area contributed by atoms with E-state index in [1.165, 1.54) is 11.3 Å². The van der Waals surface area contributed by atoms with Crippen molar-refractivity contribution >= 4 is 28.3 Å². The van der Waals surface area contributed by atoms with Crippen LogP contribution in [0.1, 0.15) is 22.3 Å². The number of anilines is 1. The van der Waals surface area contributed by atoms with E-state index in [9.17, 15) is 9.59 Å². The van der Waals surface area contributed by atoms with Gasteiger partial charge in [0.2, 0.25) is 5.91 Å². The minimum atomic E-state index is -0.446. The fourth-order valence-corrected chi connectivity index (χ4v) is 2.15. The zero-order valence-electron chi connectivity index (χ0n) is 10.0. The minimum absolute atomic E-state index is 0.0647. The van der Waals surface area contributed by atoms with E-state index in [0.717, 1.165) is 0 Å². The molecule has 94 valence electrons. The molecule has 1 amide bonds. The molecule has 0 aliphatic heterocycles. The lowest BCUT2D eigenvalue weighted by atomic mass is 10.4. The molecule has 7 heteroatoms. The van der Waals surface area contributed by atoms with Gasteiger partial charge < -0.3 is 15.4 Å². The first kappa shape index (κ1) is 13.4. The zero-order valence-corrected chi connectivity index (χ0v) is 10.8. The van der Waals surface area contributed by atoms with Gasteiger partial charge in [0.1, 0.15) is 4.88 Å². The molecule has 0 aromatic carbocycles. The van der Waals surface area contributed by atoms with Gasteiger partial charge in [0, 0.05) is 7.05 Å². The fourth-order valence-electron chi connectivity index (χ4n) is 1.23. The van der Waals surface area contributed by atoms with Crippen LogP contribution in [-0.2, 0) is 9.53 Å². The van der Waals surface area contributed by atoms with Gasteiger partial charge in [-0.05, 0) is 13.8 Å². The van der Waals surface area contributed by atoms with Crippen LogP contribution in [0.3, 0.4) is 0 Å². The first-order chi connectivity index (χ1) is 7.95. The number of primary amides is 1. The monoisotopic (exact) mass is 257 g/mol. The van der Waals surface area contributed by atoms with Crippen LogP contribution < -0.4 is 10.6 Å². The van der Waals surface area contributed by atoms with Crippen molar-refractivity contribution in [1.29, 1.82) is 0 Å². The Bertz CT molecular complexity index is 430. The second-order valence-electron chi connectivity index (χ2n) is 3.45. The predicted octanol–water partition coefficient (Wildman–Crippen LogP) is 0.550. The molecule has 0 aliphatic carbocycles. The molecular weight excluding hydrogens is 242 g/mol. The third-order valence-electron chi connectivity index (χ3n) is 1.97. The average molecular weight is 257 g/mol. The quantitative estimate of drug-likeness (QED) is 0.778. The molecule has 0 fully saturated rings. The number of hydrogen-bond donors (Lipinski definition) is 1. The Morgan fingerprint density at radius 2 is 2.18 bits per heavy atom. The van der Waals surface area contributed by atoms with Crippen molar-refractivity contribution in [3.05, 3.63) is 10.6 Å². The highest BCUT2D eigenvalue weighted by Crippen LogP contribution is 2.25. The Kier molecular flexibility index (Phi) is 4.45.